The summed E-state index contributed by atoms with van der Waals surface area (Å²) in [6, 6.07) is 24.1. The van der Waals surface area contributed by atoms with Gasteiger partial charge in [0.05, 0.1) is 0 Å². The third kappa shape index (κ3) is 1.56. The van der Waals surface area contributed by atoms with Gasteiger partial charge in [-0.2, -0.15) is 0 Å². The van der Waals surface area contributed by atoms with Crippen molar-refractivity contribution in [2.75, 3.05) is 0 Å². The van der Waals surface area contributed by atoms with Crippen molar-refractivity contribution in [3.63, 3.8) is 0 Å². The molecule has 0 saturated heterocycles. The molecule has 4 aromatic rings. The SMILES string of the molecule is C[B]c1ccc2c3ccccc3c3ccccc3c2c1. The van der Waals surface area contributed by atoms with Gasteiger partial charge in [0.25, 0.3) is 0 Å². The number of rotatable bonds is 1. The Balaban J connectivity index is 2.35. The summed E-state index contributed by atoms with van der Waals surface area (Å²) in [4.78, 5) is 0. The fourth-order valence-electron chi connectivity index (χ4n) is 3.10. The van der Waals surface area contributed by atoms with Crippen LogP contribution >= 0.6 is 0 Å². The summed E-state index contributed by atoms with van der Waals surface area (Å²) >= 11 is 0. The van der Waals surface area contributed by atoms with E-state index in [1.54, 1.807) is 0 Å². The number of hydrogen-bond acceptors (Lipinski definition) is 0. The maximum atomic E-state index is 2.30. The summed E-state index contributed by atoms with van der Waals surface area (Å²) in [6.45, 7) is 2.09. The van der Waals surface area contributed by atoms with Crippen molar-refractivity contribution in [2.45, 2.75) is 6.82 Å². The molecular weight excluding hydrogens is 239 g/mol. The molecule has 1 radical (unpaired) electrons. The minimum atomic E-state index is 1.28. The lowest BCUT2D eigenvalue weighted by molar-refractivity contribution is 1.78. The summed E-state index contributed by atoms with van der Waals surface area (Å²) in [5.74, 6) is 0. The first kappa shape index (κ1) is 11.5. The van der Waals surface area contributed by atoms with Crippen LogP contribution in [-0.4, -0.2) is 7.28 Å². The Labute approximate surface area is 119 Å². The van der Waals surface area contributed by atoms with E-state index in [2.05, 4.69) is 80.8 Å². The van der Waals surface area contributed by atoms with Gasteiger partial charge in [-0.25, -0.2) is 0 Å². The number of benzene rings is 4. The smallest absolute Gasteiger partial charge is 0.0875 e. The molecule has 0 fully saturated rings. The zero-order valence-corrected chi connectivity index (χ0v) is 11.4. The van der Waals surface area contributed by atoms with Crippen molar-refractivity contribution < 1.29 is 0 Å². The van der Waals surface area contributed by atoms with E-state index in [0.29, 0.717) is 0 Å². The lowest BCUT2D eigenvalue weighted by atomic mass is 9.72. The molecule has 0 aliphatic rings. The zero-order chi connectivity index (χ0) is 13.5. The van der Waals surface area contributed by atoms with Crippen LogP contribution in [0.2, 0.25) is 6.82 Å². The van der Waals surface area contributed by atoms with Gasteiger partial charge in [0.15, 0.2) is 0 Å². The second kappa shape index (κ2) is 4.38. The highest BCUT2D eigenvalue weighted by Crippen LogP contribution is 2.34. The fourth-order valence-corrected chi connectivity index (χ4v) is 3.10. The Morgan fingerprint density at radius 1 is 0.550 bits per heavy atom. The molecule has 0 atom stereocenters. The second-order valence-corrected chi connectivity index (χ2v) is 5.18. The highest BCUT2D eigenvalue weighted by Gasteiger charge is 2.07. The average molecular weight is 253 g/mol. The molecule has 0 bridgehead atoms. The zero-order valence-electron chi connectivity index (χ0n) is 11.4. The van der Waals surface area contributed by atoms with E-state index in [-0.39, 0.29) is 0 Å². The fraction of sp³-hybridized carbons (Fsp3) is 0.0526. The lowest BCUT2D eigenvalue weighted by Crippen LogP contribution is -2.09. The average Bonchev–Trinajstić information content (AvgIpc) is 2.54. The van der Waals surface area contributed by atoms with Crippen molar-refractivity contribution in [1.29, 1.82) is 0 Å². The minimum Gasteiger partial charge on any atom is -0.0875 e. The Kier molecular flexibility index (Phi) is 2.53. The molecule has 0 aromatic heterocycles. The molecular formula is C19H14B. The highest BCUT2D eigenvalue weighted by molar-refractivity contribution is 6.52. The van der Waals surface area contributed by atoms with Crippen LogP contribution in [0.3, 0.4) is 0 Å². The van der Waals surface area contributed by atoms with Crippen molar-refractivity contribution in [1.82, 2.24) is 0 Å². The maximum Gasteiger partial charge on any atom is 0.148 e. The molecule has 0 aliphatic carbocycles. The number of hydrogen-bond donors (Lipinski definition) is 0. The van der Waals surface area contributed by atoms with Crippen LogP contribution < -0.4 is 5.46 Å². The predicted octanol–water partition coefficient (Wildman–Crippen LogP) is 4.52. The Morgan fingerprint density at radius 3 is 1.50 bits per heavy atom. The van der Waals surface area contributed by atoms with E-state index < -0.39 is 0 Å². The predicted molar refractivity (Wildman–Crippen MR) is 90.2 cm³/mol. The van der Waals surface area contributed by atoms with Gasteiger partial charge >= 0.3 is 0 Å². The van der Waals surface area contributed by atoms with Crippen LogP contribution in [0.15, 0.2) is 66.7 Å². The van der Waals surface area contributed by atoms with E-state index >= 15 is 0 Å². The van der Waals surface area contributed by atoms with Crippen molar-refractivity contribution in [3.8, 4) is 0 Å². The quantitative estimate of drug-likeness (QED) is 0.345. The topological polar surface area (TPSA) is 0 Å². The normalized spacial score (nSPS) is 11.2. The van der Waals surface area contributed by atoms with Gasteiger partial charge in [-0.05, 0) is 32.3 Å². The molecule has 0 N–H and O–H groups in total. The van der Waals surface area contributed by atoms with E-state index in [0.717, 1.165) is 0 Å². The molecule has 0 nitrogen and oxygen atoms in total. The van der Waals surface area contributed by atoms with Gasteiger partial charge in [-0.1, -0.05) is 79.0 Å². The second-order valence-electron chi connectivity index (χ2n) is 5.18. The molecule has 0 amide bonds. The van der Waals surface area contributed by atoms with E-state index in [4.69, 9.17) is 0 Å². The maximum absolute atomic E-state index is 2.30. The Bertz CT molecular complexity index is 903. The molecule has 0 aliphatic heterocycles. The first-order chi connectivity index (χ1) is 9.88. The van der Waals surface area contributed by atoms with Gasteiger partial charge in [-0.3, -0.25) is 0 Å². The van der Waals surface area contributed by atoms with E-state index in [9.17, 15) is 0 Å². The summed E-state index contributed by atoms with van der Waals surface area (Å²) < 4.78 is 0. The van der Waals surface area contributed by atoms with Crippen molar-refractivity contribution in [3.05, 3.63) is 66.7 Å². The van der Waals surface area contributed by atoms with Gasteiger partial charge in [-0.15, -0.1) is 0 Å². The van der Waals surface area contributed by atoms with Gasteiger partial charge < -0.3 is 0 Å². The Morgan fingerprint density at radius 2 is 1.00 bits per heavy atom. The molecule has 0 unspecified atom stereocenters. The summed E-state index contributed by atoms with van der Waals surface area (Å²) in [5, 5.41) is 8.03. The van der Waals surface area contributed by atoms with Crippen LogP contribution in [0.25, 0.3) is 32.3 Å². The molecule has 20 heavy (non-hydrogen) atoms. The Hall–Kier alpha value is -2.28. The van der Waals surface area contributed by atoms with Crippen LogP contribution in [0.5, 0.6) is 0 Å². The molecule has 4 aromatic carbocycles. The molecule has 0 saturated carbocycles. The van der Waals surface area contributed by atoms with Crippen LogP contribution in [-0.2, 0) is 0 Å². The molecule has 0 heterocycles. The first-order valence-corrected chi connectivity index (χ1v) is 7.01. The lowest BCUT2D eigenvalue weighted by Gasteiger charge is -2.11. The third-order valence-corrected chi connectivity index (χ3v) is 4.10. The highest BCUT2D eigenvalue weighted by atomic mass is 14.1. The van der Waals surface area contributed by atoms with Gasteiger partial charge in [0.1, 0.15) is 7.28 Å². The number of fused-ring (bicyclic) bond motifs is 6. The van der Waals surface area contributed by atoms with Crippen LogP contribution in [0.4, 0.5) is 0 Å². The molecule has 93 valence electrons. The van der Waals surface area contributed by atoms with Crippen LogP contribution in [0.1, 0.15) is 0 Å². The standard InChI is InChI=1S/C19H14B/c1-20-13-10-11-18-16-8-3-2-6-14(16)15-7-4-5-9-17(15)19(18)12-13/h2-12H,1H3. The van der Waals surface area contributed by atoms with Crippen LogP contribution in [0, 0.1) is 0 Å². The van der Waals surface area contributed by atoms with Gasteiger partial charge in [0, 0.05) is 0 Å². The minimum absolute atomic E-state index is 1.28. The summed E-state index contributed by atoms with van der Waals surface area (Å²) in [7, 11) is 2.16. The third-order valence-electron chi connectivity index (χ3n) is 4.10. The molecule has 1 heteroatoms. The summed E-state index contributed by atoms with van der Waals surface area (Å²) in [6.07, 6.45) is 0. The van der Waals surface area contributed by atoms with E-state index in [1.807, 2.05) is 0 Å². The monoisotopic (exact) mass is 253 g/mol. The first-order valence-electron chi connectivity index (χ1n) is 7.01. The van der Waals surface area contributed by atoms with E-state index in [1.165, 1.54) is 37.8 Å². The van der Waals surface area contributed by atoms with Crippen molar-refractivity contribution in [2.24, 2.45) is 0 Å². The molecule has 0 spiro atoms. The van der Waals surface area contributed by atoms with Crippen molar-refractivity contribution >= 4 is 45.1 Å². The summed E-state index contributed by atoms with van der Waals surface area (Å²) in [5.41, 5.74) is 1.28. The van der Waals surface area contributed by atoms with Gasteiger partial charge in [0.2, 0.25) is 0 Å². The molecule has 4 rings (SSSR count). The largest absolute Gasteiger partial charge is 0.148 e.